The van der Waals surface area contributed by atoms with Gasteiger partial charge in [-0.3, -0.25) is 0 Å². The molecule has 0 aromatic carbocycles. The Morgan fingerprint density at radius 3 is 2.33 bits per heavy atom. The highest BCUT2D eigenvalue weighted by Gasteiger charge is 2.28. The van der Waals surface area contributed by atoms with E-state index < -0.39 is 0 Å². The van der Waals surface area contributed by atoms with E-state index in [1.807, 2.05) is 0 Å². The summed E-state index contributed by atoms with van der Waals surface area (Å²) in [6.07, 6.45) is 7.12. The third-order valence-corrected chi connectivity index (χ3v) is 4.71. The maximum absolute atomic E-state index is 2.44. The summed E-state index contributed by atoms with van der Waals surface area (Å²) in [4.78, 5) is 0. The lowest BCUT2D eigenvalue weighted by Crippen LogP contribution is -2.48. The van der Waals surface area contributed by atoms with Gasteiger partial charge in [-0.2, -0.15) is 0 Å². The quantitative estimate of drug-likeness (QED) is 0.582. The van der Waals surface area contributed by atoms with Gasteiger partial charge in [0.05, 0.1) is 26.7 Å². The number of nitrogens with zero attached hydrogens (tertiary/aromatic N) is 1. The van der Waals surface area contributed by atoms with Crippen LogP contribution in [-0.2, 0) is 0 Å². The van der Waals surface area contributed by atoms with Crippen LogP contribution < -0.4 is 0 Å². The molecule has 0 aliphatic carbocycles. The summed E-state index contributed by atoms with van der Waals surface area (Å²) in [6, 6.07) is 0.834. The van der Waals surface area contributed by atoms with Gasteiger partial charge in [-0.05, 0) is 31.6 Å². The summed E-state index contributed by atoms with van der Waals surface area (Å²) in [5.41, 5.74) is 0. The smallest absolute Gasteiger partial charge is 0.0860 e. The van der Waals surface area contributed by atoms with Crippen molar-refractivity contribution < 1.29 is 4.48 Å². The molecule has 90 valence electrons. The summed E-state index contributed by atoms with van der Waals surface area (Å²) in [5.74, 6) is 1.90. The van der Waals surface area contributed by atoms with E-state index in [2.05, 4.69) is 34.9 Å². The molecule has 1 aliphatic rings. The molecule has 0 aromatic rings. The van der Waals surface area contributed by atoms with Crippen LogP contribution in [0.15, 0.2) is 0 Å². The lowest BCUT2D eigenvalue weighted by molar-refractivity contribution is -0.914. The molecule has 0 aromatic heterocycles. The summed E-state index contributed by atoms with van der Waals surface area (Å²) < 4.78 is 1.22. The Morgan fingerprint density at radius 1 is 1.07 bits per heavy atom. The molecule has 1 rings (SSSR count). The van der Waals surface area contributed by atoms with E-state index in [1.54, 1.807) is 0 Å². The molecule has 1 heterocycles. The maximum Gasteiger partial charge on any atom is 0.0860 e. The predicted octanol–water partition coefficient (Wildman–Crippen LogP) is 3.69. The molecule has 0 bridgehead atoms. The van der Waals surface area contributed by atoms with E-state index in [0.717, 1.165) is 17.9 Å². The third kappa shape index (κ3) is 3.79. The number of hydrogen-bond acceptors (Lipinski definition) is 0. The van der Waals surface area contributed by atoms with Gasteiger partial charge in [0, 0.05) is 6.42 Å². The zero-order valence-corrected chi connectivity index (χ0v) is 11.4. The molecule has 1 heteroatoms. The first-order valence-corrected chi connectivity index (χ1v) is 6.78. The van der Waals surface area contributed by atoms with Gasteiger partial charge in [-0.15, -0.1) is 0 Å². The molecular weight excluding hydrogens is 182 g/mol. The number of hydrogen-bond donors (Lipinski definition) is 0. The molecule has 15 heavy (non-hydrogen) atoms. The Bertz CT molecular complexity index is 186. The van der Waals surface area contributed by atoms with Gasteiger partial charge in [0.1, 0.15) is 0 Å². The van der Waals surface area contributed by atoms with Gasteiger partial charge >= 0.3 is 0 Å². The summed E-state index contributed by atoms with van der Waals surface area (Å²) in [5, 5.41) is 0. The molecule has 0 radical (unpaired) electrons. The molecular formula is C14H30N+. The first-order valence-electron chi connectivity index (χ1n) is 6.78. The highest BCUT2D eigenvalue weighted by atomic mass is 15.3. The molecule has 0 spiro atoms. The average Bonchev–Trinajstić information content (AvgIpc) is 2.23. The van der Waals surface area contributed by atoms with Gasteiger partial charge in [0.25, 0.3) is 0 Å². The van der Waals surface area contributed by atoms with E-state index in [4.69, 9.17) is 0 Å². The summed E-state index contributed by atoms with van der Waals surface area (Å²) >= 11 is 0. The van der Waals surface area contributed by atoms with Crippen LogP contribution in [0.3, 0.4) is 0 Å². The summed E-state index contributed by atoms with van der Waals surface area (Å²) in [7, 11) is 4.82. The lowest BCUT2D eigenvalue weighted by atomic mass is 9.90. The van der Waals surface area contributed by atoms with E-state index in [1.165, 1.54) is 43.1 Å². The van der Waals surface area contributed by atoms with Gasteiger partial charge in [0.2, 0.25) is 0 Å². The second kappa shape index (κ2) is 5.34. The molecule has 3 unspecified atom stereocenters. The average molecular weight is 212 g/mol. The Morgan fingerprint density at radius 2 is 1.73 bits per heavy atom. The van der Waals surface area contributed by atoms with E-state index in [-0.39, 0.29) is 0 Å². The fourth-order valence-electron chi connectivity index (χ4n) is 2.69. The van der Waals surface area contributed by atoms with Gasteiger partial charge in [-0.1, -0.05) is 26.7 Å². The van der Waals surface area contributed by atoms with Gasteiger partial charge < -0.3 is 4.48 Å². The van der Waals surface area contributed by atoms with Crippen molar-refractivity contribution >= 4 is 0 Å². The van der Waals surface area contributed by atoms with Crippen molar-refractivity contribution in [2.45, 2.75) is 58.9 Å². The lowest BCUT2D eigenvalue weighted by Gasteiger charge is -2.37. The second-order valence-corrected chi connectivity index (χ2v) is 6.33. The normalized spacial score (nSPS) is 37.8. The van der Waals surface area contributed by atoms with E-state index in [0.29, 0.717) is 0 Å². The monoisotopic (exact) mass is 212 g/mol. The Labute approximate surface area is 96.4 Å². The van der Waals surface area contributed by atoms with Crippen LogP contribution in [0.4, 0.5) is 0 Å². The molecule has 0 saturated carbocycles. The van der Waals surface area contributed by atoms with Crippen molar-refractivity contribution in [2.75, 3.05) is 20.6 Å². The first-order chi connectivity index (χ1) is 6.95. The minimum absolute atomic E-state index is 0.834. The Balaban J connectivity index is 2.67. The van der Waals surface area contributed by atoms with Crippen molar-refractivity contribution in [1.82, 2.24) is 0 Å². The zero-order chi connectivity index (χ0) is 11.5. The Kier molecular flexibility index (Phi) is 4.64. The molecule has 1 saturated heterocycles. The standard InChI is InChI=1S/C14H30N/c1-6-14-8-7-12(2)9-10-15(4,5)13(3)11-14/h12-14H,6-11H2,1-5H3/q+1. The van der Waals surface area contributed by atoms with Crippen molar-refractivity contribution in [2.24, 2.45) is 11.8 Å². The van der Waals surface area contributed by atoms with Crippen LogP contribution in [-0.4, -0.2) is 31.2 Å². The van der Waals surface area contributed by atoms with Crippen molar-refractivity contribution in [1.29, 1.82) is 0 Å². The maximum atomic E-state index is 2.44. The van der Waals surface area contributed by atoms with Gasteiger partial charge in [0.15, 0.2) is 0 Å². The van der Waals surface area contributed by atoms with Crippen LogP contribution in [0.2, 0.25) is 0 Å². The molecule has 1 nitrogen and oxygen atoms in total. The second-order valence-electron chi connectivity index (χ2n) is 6.33. The number of quaternary nitrogens is 1. The first kappa shape index (κ1) is 13.0. The van der Waals surface area contributed by atoms with Crippen LogP contribution in [0, 0.1) is 11.8 Å². The summed E-state index contributed by atoms with van der Waals surface area (Å²) in [6.45, 7) is 8.60. The van der Waals surface area contributed by atoms with Crippen molar-refractivity contribution in [3.05, 3.63) is 0 Å². The highest BCUT2D eigenvalue weighted by Crippen LogP contribution is 2.28. The van der Waals surface area contributed by atoms with Crippen molar-refractivity contribution in [3.63, 3.8) is 0 Å². The molecule has 0 amide bonds. The molecule has 1 aliphatic heterocycles. The van der Waals surface area contributed by atoms with Crippen LogP contribution in [0.25, 0.3) is 0 Å². The fourth-order valence-corrected chi connectivity index (χ4v) is 2.69. The highest BCUT2D eigenvalue weighted by molar-refractivity contribution is 4.67. The fraction of sp³-hybridized carbons (Fsp3) is 1.00. The topological polar surface area (TPSA) is 0 Å². The van der Waals surface area contributed by atoms with Crippen LogP contribution in [0.5, 0.6) is 0 Å². The molecule has 3 atom stereocenters. The van der Waals surface area contributed by atoms with Crippen LogP contribution >= 0.6 is 0 Å². The van der Waals surface area contributed by atoms with E-state index in [9.17, 15) is 0 Å². The van der Waals surface area contributed by atoms with Crippen LogP contribution in [0.1, 0.15) is 52.9 Å². The number of rotatable bonds is 1. The van der Waals surface area contributed by atoms with Crippen molar-refractivity contribution in [3.8, 4) is 0 Å². The van der Waals surface area contributed by atoms with Gasteiger partial charge in [-0.25, -0.2) is 0 Å². The predicted molar refractivity (Wildman–Crippen MR) is 67.9 cm³/mol. The minimum Gasteiger partial charge on any atom is -0.326 e. The third-order valence-electron chi connectivity index (χ3n) is 4.71. The SMILES string of the molecule is CCC1CCC(C)CC[N+](C)(C)C(C)C1. The molecule has 1 fully saturated rings. The zero-order valence-electron chi connectivity index (χ0n) is 11.4. The largest absolute Gasteiger partial charge is 0.326 e. The molecule has 0 N–H and O–H groups in total. The minimum atomic E-state index is 0.834. The van der Waals surface area contributed by atoms with E-state index >= 15 is 0 Å². The Hall–Kier alpha value is -0.0400.